The van der Waals surface area contributed by atoms with Gasteiger partial charge in [-0.05, 0) is 32.1 Å². The number of anilines is 1. The largest absolute Gasteiger partial charge is 0.748 e. The van der Waals surface area contributed by atoms with Crippen LogP contribution in [-0.4, -0.2) is 35.6 Å². The molecule has 5 nitrogen and oxygen atoms in total. The van der Waals surface area contributed by atoms with Crippen LogP contribution in [0.25, 0.3) is 0 Å². The van der Waals surface area contributed by atoms with Crippen molar-refractivity contribution in [1.29, 1.82) is 0 Å². The average Bonchev–Trinajstić information content (AvgIpc) is 2.89. The van der Waals surface area contributed by atoms with Gasteiger partial charge in [0.05, 0.1) is 15.5 Å². The molecule has 0 saturated heterocycles. The Morgan fingerprint density at radius 2 is 1.72 bits per heavy atom. The molecule has 0 unspecified atom stereocenters. The number of hydrogen-bond donors (Lipinski definition) is 1. The van der Waals surface area contributed by atoms with Gasteiger partial charge < -0.3 is 9.87 Å². The number of nitrogens with zero attached hydrogens (tertiary/aromatic N) is 1. The number of allylic oxidation sites excluding steroid dienone is 3. The summed E-state index contributed by atoms with van der Waals surface area (Å²) in [6, 6.07) is 18.0. The van der Waals surface area contributed by atoms with E-state index in [9.17, 15) is 13.0 Å². The van der Waals surface area contributed by atoms with Crippen molar-refractivity contribution in [3.63, 3.8) is 0 Å². The molecule has 0 aromatic heterocycles. The van der Waals surface area contributed by atoms with Crippen LogP contribution in [0.15, 0.2) is 79.0 Å². The lowest BCUT2D eigenvalue weighted by Gasteiger charge is -2.15. The van der Waals surface area contributed by atoms with E-state index in [0.29, 0.717) is 13.0 Å². The first kappa shape index (κ1) is 21.0. The van der Waals surface area contributed by atoms with E-state index in [1.54, 1.807) is 0 Å². The van der Waals surface area contributed by atoms with E-state index in [1.165, 1.54) is 5.56 Å². The number of nitrogens with one attached hydrogen (secondary N) is 1. The van der Waals surface area contributed by atoms with Gasteiger partial charge in [0.15, 0.2) is 5.71 Å². The Kier molecular flexibility index (Phi) is 6.35. The Morgan fingerprint density at radius 1 is 1.03 bits per heavy atom. The van der Waals surface area contributed by atoms with E-state index >= 15 is 0 Å². The van der Waals surface area contributed by atoms with E-state index in [2.05, 4.69) is 35.9 Å². The summed E-state index contributed by atoms with van der Waals surface area (Å²) < 4.78 is 35.1. The van der Waals surface area contributed by atoms with Crippen LogP contribution in [0, 0.1) is 0 Å². The zero-order valence-electron chi connectivity index (χ0n) is 16.7. The highest BCUT2D eigenvalue weighted by Gasteiger charge is 2.43. The number of benzene rings is 2. The highest BCUT2D eigenvalue weighted by molar-refractivity contribution is 7.85. The lowest BCUT2D eigenvalue weighted by atomic mass is 9.81. The van der Waals surface area contributed by atoms with Crippen LogP contribution < -0.4 is 5.32 Å². The summed E-state index contributed by atoms with van der Waals surface area (Å²) in [5, 5.41) is 3.21. The third kappa shape index (κ3) is 5.22. The summed E-state index contributed by atoms with van der Waals surface area (Å²) >= 11 is 0. The summed E-state index contributed by atoms with van der Waals surface area (Å²) in [6.07, 6.45) is 8.11. The fourth-order valence-corrected chi connectivity index (χ4v) is 4.14. The molecule has 3 rings (SSSR count). The highest BCUT2D eigenvalue weighted by atomic mass is 32.2. The first-order valence-electron chi connectivity index (χ1n) is 9.62. The van der Waals surface area contributed by atoms with Gasteiger partial charge in [-0.1, -0.05) is 42.5 Å². The second kappa shape index (κ2) is 8.76. The maximum atomic E-state index is 11.0. The van der Waals surface area contributed by atoms with Crippen LogP contribution in [0.2, 0.25) is 0 Å². The van der Waals surface area contributed by atoms with E-state index in [1.807, 2.05) is 66.9 Å². The average molecular weight is 411 g/mol. The van der Waals surface area contributed by atoms with Gasteiger partial charge in [0.25, 0.3) is 0 Å². The van der Waals surface area contributed by atoms with Gasteiger partial charge in [0, 0.05) is 41.8 Å². The van der Waals surface area contributed by atoms with Crippen molar-refractivity contribution < 1.29 is 17.5 Å². The van der Waals surface area contributed by atoms with Crippen LogP contribution in [0.3, 0.4) is 0 Å². The van der Waals surface area contributed by atoms with Crippen LogP contribution in [0.4, 0.5) is 11.4 Å². The fourth-order valence-electron chi connectivity index (χ4n) is 3.66. The molecule has 0 amide bonds. The molecule has 0 radical (unpaired) electrons. The zero-order valence-corrected chi connectivity index (χ0v) is 17.5. The van der Waals surface area contributed by atoms with Gasteiger partial charge in [-0.25, -0.2) is 8.42 Å². The summed E-state index contributed by atoms with van der Waals surface area (Å²) in [4.78, 5) is 0. The number of rotatable bonds is 8. The van der Waals surface area contributed by atoms with Crippen molar-refractivity contribution in [2.24, 2.45) is 0 Å². The molecular formula is C23H26N2O3S. The molecule has 1 aliphatic rings. The SMILES string of the molecule is CC1(C)C(C=CC=CNc2ccccc2)=[N+](CCCS(=O)(=O)[O-])c2ccccc21. The molecule has 0 fully saturated rings. The Labute approximate surface area is 172 Å². The molecule has 0 atom stereocenters. The van der Waals surface area contributed by atoms with Crippen LogP contribution in [-0.2, 0) is 15.5 Å². The Hall–Kier alpha value is -2.70. The molecule has 2 aromatic rings. The van der Waals surface area contributed by atoms with Crippen LogP contribution >= 0.6 is 0 Å². The predicted octanol–water partition coefficient (Wildman–Crippen LogP) is 4.18. The van der Waals surface area contributed by atoms with E-state index in [4.69, 9.17) is 0 Å². The smallest absolute Gasteiger partial charge is 0.209 e. The molecule has 1 aliphatic heterocycles. The Morgan fingerprint density at radius 3 is 2.45 bits per heavy atom. The zero-order chi connectivity index (χ0) is 20.9. The van der Waals surface area contributed by atoms with Gasteiger partial charge in [-0.3, -0.25) is 0 Å². The van der Waals surface area contributed by atoms with Crippen molar-refractivity contribution in [1.82, 2.24) is 0 Å². The first-order valence-corrected chi connectivity index (χ1v) is 11.2. The van der Waals surface area contributed by atoms with Gasteiger partial charge in [0.1, 0.15) is 6.54 Å². The number of fused-ring (bicyclic) bond motifs is 1. The van der Waals surface area contributed by atoms with Gasteiger partial charge in [0.2, 0.25) is 5.69 Å². The third-order valence-corrected chi connectivity index (χ3v) is 5.85. The molecule has 1 heterocycles. The topological polar surface area (TPSA) is 72.2 Å². The minimum Gasteiger partial charge on any atom is -0.748 e. The van der Waals surface area contributed by atoms with E-state index < -0.39 is 10.1 Å². The minimum absolute atomic E-state index is 0.218. The molecule has 0 saturated carbocycles. The van der Waals surface area contributed by atoms with E-state index in [-0.39, 0.29) is 11.2 Å². The molecule has 1 N–H and O–H groups in total. The number of para-hydroxylation sites is 2. The molecular weight excluding hydrogens is 384 g/mol. The Bertz CT molecular complexity index is 1050. The normalized spacial score (nSPS) is 16.0. The summed E-state index contributed by atoms with van der Waals surface area (Å²) in [7, 11) is -4.21. The minimum atomic E-state index is -4.21. The van der Waals surface area contributed by atoms with Crippen molar-refractivity contribution in [3.05, 3.63) is 84.6 Å². The number of hydrogen-bond acceptors (Lipinski definition) is 4. The van der Waals surface area contributed by atoms with Gasteiger partial charge in [-0.15, -0.1) is 0 Å². The maximum absolute atomic E-state index is 11.0. The van der Waals surface area contributed by atoms with Crippen molar-refractivity contribution in [2.75, 3.05) is 17.6 Å². The third-order valence-electron chi connectivity index (χ3n) is 5.06. The standard InChI is InChI=1S/C23H26N2O3S/c1-23(2)20-13-6-7-14-21(20)25(17-10-18-29(26,27)28)22(23)15-8-9-16-24-19-11-4-3-5-12-19/h3-9,11-16H,10,17-18H2,1-2H3,(H,26,27,28). The molecule has 0 spiro atoms. The highest BCUT2D eigenvalue weighted by Crippen LogP contribution is 2.39. The maximum Gasteiger partial charge on any atom is 0.209 e. The van der Waals surface area contributed by atoms with Crippen LogP contribution in [0.1, 0.15) is 25.8 Å². The van der Waals surface area contributed by atoms with Crippen molar-refractivity contribution >= 4 is 27.2 Å². The molecule has 0 bridgehead atoms. The summed E-state index contributed by atoms with van der Waals surface area (Å²) in [5.41, 5.74) is 4.12. The van der Waals surface area contributed by atoms with Gasteiger partial charge in [-0.2, -0.15) is 4.58 Å². The second-order valence-electron chi connectivity index (χ2n) is 7.52. The molecule has 152 valence electrons. The second-order valence-corrected chi connectivity index (χ2v) is 9.05. The van der Waals surface area contributed by atoms with Gasteiger partial charge >= 0.3 is 0 Å². The Balaban J connectivity index is 1.82. The van der Waals surface area contributed by atoms with Crippen LogP contribution in [0.5, 0.6) is 0 Å². The molecule has 0 aliphatic carbocycles. The van der Waals surface area contributed by atoms with Crippen molar-refractivity contribution in [3.8, 4) is 0 Å². The fraction of sp³-hybridized carbons (Fsp3) is 0.261. The lowest BCUT2D eigenvalue weighted by Crippen LogP contribution is -2.28. The quantitative estimate of drug-likeness (QED) is 0.403. The lowest BCUT2D eigenvalue weighted by molar-refractivity contribution is -0.437. The summed E-state index contributed by atoms with van der Waals surface area (Å²) in [6.45, 7) is 4.79. The predicted molar refractivity (Wildman–Crippen MR) is 117 cm³/mol. The molecule has 29 heavy (non-hydrogen) atoms. The molecule has 6 heteroatoms. The van der Waals surface area contributed by atoms with Crippen molar-refractivity contribution in [2.45, 2.75) is 25.7 Å². The summed E-state index contributed by atoms with van der Waals surface area (Å²) in [5.74, 6) is -0.357. The monoisotopic (exact) mass is 410 g/mol. The van der Waals surface area contributed by atoms with E-state index in [0.717, 1.165) is 17.1 Å². The first-order chi connectivity index (χ1) is 13.8. The molecule has 2 aromatic carbocycles.